The number of halogens is 1. The van der Waals surface area contributed by atoms with Gasteiger partial charge in [-0.3, -0.25) is 14.6 Å². The topological polar surface area (TPSA) is 80.3 Å². The minimum absolute atomic E-state index is 0.00969. The SMILES string of the molecule is CNC(=O)CC1(C(=O)Nc2cncc3ccccc23)CCOc2ccc(Cl)cc21. The molecule has 0 aliphatic carbocycles. The fraction of sp³-hybridized carbons (Fsp3) is 0.227. The van der Waals surface area contributed by atoms with Gasteiger partial charge in [0.15, 0.2) is 0 Å². The molecule has 2 N–H and O–H groups in total. The van der Waals surface area contributed by atoms with Gasteiger partial charge in [-0.15, -0.1) is 0 Å². The molecule has 7 heteroatoms. The molecule has 0 fully saturated rings. The van der Waals surface area contributed by atoms with Crippen LogP contribution in [0.5, 0.6) is 5.75 Å². The largest absolute Gasteiger partial charge is 0.493 e. The highest BCUT2D eigenvalue weighted by Crippen LogP contribution is 2.43. The lowest BCUT2D eigenvalue weighted by Gasteiger charge is -2.37. The fourth-order valence-corrected chi connectivity index (χ4v) is 3.96. The summed E-state index contributed by atoms with van der Waals surface area (Å²) in [4.78, 5) is 30.2. The van der Waals surface area contributed by atoms with Crippen LogP contribution in [0.15, 0.2) is 54.9 Å². The standard InChI is InChI=1S/C22H20ClN3O3/c1-24-20(27)11-22(8-9-29-19-7-6-15(23)10-17(19)22)21(28)26-18-13-25-12-14-4-2-3-5-16(14)18/h2-7,10,12-13H,8-9,11H2,1H3,(H,24,27)(H,26,28). The zero-order valence-corrected chi connectivity index (χ0v) is 16.6. The van der Waals surface area contributed by atoms with E-state index in [9.17, 15) is 9.59 Å². The Bertz CT molecular complexity index is 1100. The van der Waals surface area contributed by atoms with Crippen molar-refractivity contribution < 1.29 is 14.3 Å². The van der Waals surface area contributed by atoms with Gasteiger partial charge in [-0.25, -0.2) is 0 Å². The van der Waals surface area contributed by atoms with Gasteiger partial charge in [-0.2, -0.15) is 0 Å². The van der Waals surface area contributed by atoms with E-state index >= 15 is 0 Å². The van der Waals surface area contributed by atoms with E-state index in [0.29, 0.717) is 35.1 Å². The molecule has 0 saturated heterocycles. The van der Waals surface area contributed by atoms with Gasteiger partial charge in [0.1, 0.15) is 5.75 Å². The smallest absolute Gasteiger partial charge is 0.235 e. The first-order valence-corrected chi connectivity index (χ1v) is 9.69. The van der Waals surface area contributed by atoms with Crippen LogP contribution >= 0.6 is 11.6 Å². The molecular formula is C22H20ClN3O3. The summed E-state index contributed by atoms with van der Waals surface area (Å²) in [5.74, 6) is 0.0471. The third-order valence-corrected chi connectivity index (χ3v) is 5.57. The quantitative estimate of drug-likeness (QED) is 0.688. The molecule has 0 bridgehead atoms. The van der Waals surface area contributed by atoms with Crippen LogP contribution in [-0.2, 0) is 15.0 Å². The van der Waals surface area contributed by atoms with Crippen molar-refractivity contribution >= 4 is 39.9 Å². The lowest BCUT2D eigenvalue weighted by molar-refractivity contribution is -0.129. The molecule has 2 amide bonds. The van der Waals surface area contributed by atoms with Crippen LogP contribution in [0.25, 0.3) is 10.8 Å². The third-order valence-electron chi connectivity index (χ3n) is 5.34. The van der Waals surface area contributed by atoms with Crippen LogP contribution in [0.1, 0.15) is 18.4 Å². The predicted octanol–water partition coefficient (Wildman–Crippen LogP) is 3.68. The number of carbonyl (C=O) groups is 2. The molecule has 0 radical (unpaired) electrons. The molecule has 148 valence electrons. The second kappa shape index (κ2) is 7.72. The Morgan fingerprint density at radius 1 is 1.21 bits per heavy atom. The molecule has 3 aromatic rings. The number of nitrogens with one attached hydrogen (secondary N) is 2. The van der Waals surface area contributed by atoms with E-state index in [4.69, 9.17) is 16.3 Å². The maximum absolute atomic E-state index is 13.6. The normalized spacial score (nSPS) is 17.9. The minimum atomic E-state index is -1.10. The molecule has 4 rings (SSSR count). The van der Waals surface area contributed by atoms with Gasteiger partial charge in [0.2, 0.25) is 11.8 Å². The zero-order chi connectivity index (χ0) is 20.4. The van der Waals surface area contributed by atoms with Crippen molar-refractivity contribution in [1.29, 1.82) is 0 Å². The van der Waals surface area contributed by atoms with Crippen molar-refractivity contribution in [3.05, 3.63) is 65.4 Å². The fourth-order valence-electron chi connectivity index (χ4n) is 3.79. The summed E-state index contributed by atoms with van der Waals surface area (Å²) >= 11 is 6.22. The van der Waals surface area contributed by atoms with Crippen molar-refractivity contribution in [2.75, 3.05) is 19.0 Å². The third kappa shape index (κ3) is 3.51. The van der Waals surface area contributed by atoms with E-state index in [2.05, 4.69) is 15.6 Å². The van der Waals surface area contributed by atoms with Crippen molar-refractivity contribution in [1.82, 2.24) is 10.3 Å². The molecule has 1 aliphatic rings. The van der Waals surface area contributed by atoms with Crippen LogP contribution in [0.3, 0.4) is 0 Å². The van der Waals surface area contributed by atoms with Gasteiger partial charge in [0.05, 0.1) is 23.9 Å². The van der Waals surface area contributed by atoms with Gasteiger partial charge >= 0.3 is 0 Å². The van der Waals surface area contributed by atoms with Crippen molar-refractivity contribution in [3.8, 4) is 5.75 Å². The Labute approximate surface area is 173 Å². The van der Waals surface area contributed by atoms with E-state index in [1.165, 1.54) is 0 Å². The number of anilines is 1. The number of benzene rings is 2. The summed E-state index contributed by atoms with van der Waals surface area (Å²) in [5.41, 5.74) is 0.111. The van der Waals surface area contributed by atoms with E-state index in [0.717, 1.165) is 10.8 Å². The van der Waals surface area contributed by atoms with E-state index in [-0.39, 0.29) is 18.2 Å². The van der Waals surface area contributed by atoms with E-state index in [1.54, 1.807) is 37.6 Å². The Hall–Kier alpha value is -3.12. The Morgan fingerprint density at radius 2 is 2.03 bits per heavy atom. The second-order valence-corrected chi connectivity index (χ2v) is 7.47. The summed E-state index contributed by atoms with van der Waals surface area (Å²) in [6, 6.07) is 12.8. The molecule has 6 nitrogen and oxygen atoms in total. The Kier molecular flexibility index (Phi) is 5.11. The molecule has 1 aromatic heterocycles. The first-order valence-electron chi connectivity index (χ1n) is 9.31. The van der Waals surface area contributed by atoms with Crippen molar-refractivity contribution in [2.24, 2.45) is 0 Å². The number of pyridine rings is 1. The minimum Gasteiger partial charge on any atom is -0.493 e. The number of amides is 2. The van der Waals surface area contributed by atoms with Crippen LogP contribution < -0.4 is 15.4 Å². The first-order chi connectivity index (χ1) is 14.0. The molecule has 1 aliphatic heterocycles. The van der Waals surface area contributed by atoms with Gasteiger partial charge < -0.3 is 15.4 Å². The highest BCUT2D eigenvalue weighted by molar-refractivity contribution is 6.30. The van der Waals surface area contributed by atoms with Crippen LogP contribution in [0, 0.1) is 0 Å². The summed E-state index contributed by atoms with van der Waals surface area (Å²) in [6.45, 7) is 0.326. The zero-order valence-electron chi connectivity index (χ0n) is 15.9. The Morgan fingerprint density at radius 3 is 2.86 bits per heavy atom. The molecule has 0 saturated carbocycles. The summed E-state index contributed by atoms with van der Waals surface area (Å²) in [5, 5.41) is 7.91. The van der Waals surface area contributed by atoms with Crippen LogP contribution in [-0.4, -0.2) is 30.5 Å². The van der Waals surface area contributed by atoms with Gasteiger partial charge in [0.25, 0.3) is 0 Å². The average molecular weight is 410 g/mol. The number of hydrogen-bond acceptors (Lipinski definition) is 4. The maximum Gasteiger partial charge on any atom is 0.235 e. The molecule has 0 spiro atoms. The number of rotatable bonds is 4. The molecular weight excluding hydrogens is 390 g/mol. The molecule has 1 unspecified atom stereocenters. The number of fused-ring (bicyclic) bond motifs is 2. The van der Waals surface area contributed by atoms with Gasteiger partial charge in [-0.1, -0.05) is 35.9 Å². The number of hydrogen-bond donors (Lipinski definition) is 2. The number of nitrogens with zero attached hydrogens (tertiary/aromatic N) is 1. The van der Waals surface area contributed by atoms with Crippen LogP contribution in [0.4, 0.5) is 5.69 Å². The maximum atomic E-state index is 13.6. The van der Waals surface area contributed by atoms with Crippen molar-refractivity contribution in [3.63, 3.8) is 0 Å². The summed E-state index contributed by atoms with van der Waals surface area (Å²) < 4.78 is 5.74. The lowest BCUT2D eigenvalue weighted by Crippen LogP contribution is -2.47. The summed E-state index contributed by atoms with van der Waals surface area (Å²) in [7, 11) is 1.56. The van der Waals surface area contributed by atoms with E-state index in [1.807, 2.05) is 24.3 Å². The Balaban J connectivity index is 1.80. The second-order valence-electron chi connectivity index (χ2n) is 7.03. The molecule has 29 heavy (non-hydrogen) atoms. The number of carbonyl (C=O) groups excluding carboxylic acids is 2. The van der Waals surface area contributed by atoms with E-state index < -0.39 is 5.41 Å². The highest BCUT2D eigenvalue weighted by Gasteiger charge is 2.46. The van der Waals surface area contributed by atoms with Gasteiger partial charge in [-0.05, 0) is 18.2 Å². The van der Waals surface area contributed by atoms with Crippen LogP contribution in [0.2, 0.25) is 5.02 Å². The molecule has 2 heterocycles. The monoisotopic (exact) mass is 409 g/mol. The van der Waals surface area contributed by atoms with Crippen molar-refractivity contribution in [2.45, 2.75) is 18.3 Å². The predicted molar refractivity (Wildman–Crippen MR) is 112 cm³/mol. The summed E-state index contributed by atoms with van der Waals surface area (Å²) in [6.07, 6.45) is 3.71. The highest BCUT2D eigenvalue weighted by atomic mass is 35.5. The van der Waals surface area contributed by atoms with Gasteiger partial charge in [0, 0.05) is 47.4 Å². The average Bonchev–Trinajstić information content (AvgIpc) is 2.74. The molecule has 1 atom stereocenters. The number of aromatic nitrogens is 1. The first kappa shape index (κ1) is 19.2. The number of ether oxygens (including phenoxy) is 1. The lowest BCUT2D eigenvalue weighted by atomic mass is 9.72. The molecule has 2 aromatic carbocycles.